The minimum Gasteiger partial charge on any atom is -0.303 e. The molecular formula is C16H24FNO. The Kier molecular flexibility index (Phi) is 6.16. The Morgan fingerprint density at radius 2 is 1.79 bits per heavy atom. The average molecular weight is 265 g/mol. The maximum Gasteiger partial charge on any atom is 0.164 e. The van der Waals surface area contributed by atoms with E-state index in [-0.39, 0.29) is 11.6 Å². The first-order chi connectivity index (χ1) is 8.90. The number of carbonyl (C=O) groups is 1. The van der Waals surface area contributed by atoms with E-state index in [1.165, 1.54) is 12.1 Å². The van der Waals surface area contributed by atoms with Crippen LogP contribution in [0.3, 0.4) is 0 Å². The summed E-state index contributed by atoms with van der Waals surface area (Å²) in [5.41, 5.74) is 0.589. The zero-order valence-corrected chi connectivity index (χ0v) is 12.3. The maximum absolute atomic E-state index is 12.8. The highest BCUT2D eigenvalue weighted by atomic mass is 19.1. The molecule has 3 heteroatoms. The quantitative estimate of drug-likeness (QED) is 0.700. The van der Waals surface area contributed by atoms with Crippen molar-refractivity contribution in [2.75, 3.05) is 13.6 Å². The van der Waals surface area contributed by atoms with Crippen LogP contribution in [0.4, 0.5) is 4.39 Å². The van der Waals surface area contributed by atoms with Gasteiger partial charge in [-0.1, -0.05) is 13.8 Å². The van der Waals surface area contributed by atoms with Crippen LogP contribution in [0.15, 0.2) is 24.3 Å². The lowest BCUT2D eigenvalue weighted by Crippen LogP contribution is -2.32. The molecule has 1 atom stereocenters. The van der Waals surface area contributed by atoms with E-state index in [0.717, 1.165) is 13.0 Å². The maximum atomic E-state index is 12.8. The van der Waals surface area contributed by atoms with Crippen LogP contribution in [0.2, 0.25) is 0 Å². The Balaban J connectivity index is 2.43. The smallest absolute Gasteiger partial charge is 0.164 e. The van der Waals surface area contributed by atoms with Gasteiger partial charge in [-0.15, -0.1) is 0 Å². The molecule has 19 heavy (non-hydrogen) atoms. The summed E-state index contributed by atoms with van der Waals surface area (Å²) in [6.45, 7) is 7.33. The van der Waals surface area contributed by atoms with Crippen LogP contribution < -0.4 is 0 Å². The Hall–Kier alpha value is -1.22. The van der Waals surface area contributed by atoms with Crippen molar-refractivity contribution in [2.45, 2.75) is 39.7 Å². The first-order valence-corrected chi connectivity index (χ1v) is 6.89. The van der Waals surface area contributed by atoms with Gasteiger partial charge >= 0.3 is 0 Å². The Morgan fingerprint density at radius 1 is 1.21 bits per heavy atom. The molecule has 1 aromatic carbocycles. The third kappa shape index (κ3) is 5.52. The molecule has 0 heterocycles. The van der Waals surface area contributed by atoms with E-state index in [1.54, 1.807) is 12.1 Å². The van der Waals surface area contributed by atoms with E-state index in [0.29, 0.717) is 23.9 Å². The number of nitrogens with zero attached hydrogens (tertiary/aromatic N) is 1. The topological polar surface area (TPSA) is 20.3 Å². The fourth-order valence-electron chi connectivity index (χ4n) is 2.14. The molecule has 0 aromatic heterocycles. The minimum atomic E-state index is -0.306. The average Bonchev–Trinajstić information content (AvgIpc) is 2.35. The number of benzene rings is 1. The molecule has 0 amide bonds. The van der Waals surface area contributed by atoms with Gasteiger partial charge in [-0.3, -0.25) is 4.79 Å². The van der Waals surface area contributed by atoms with Crippen molar-refractivity contribution in [1.29, 1.82) is 0 Å². The molecule has 106 valence electrons. The Morgan fingerprint density at radius 3 is 2.32 bits per heavy atom. The second kappa shape index (κ2) is 7.39. The van der Waals surface area contributed by atoms with E-state index in [9.17, 15) is 9.18 Å². The third-order valence-electron chi connectivity index (χ3n) is 3.42. The van der Waals surface area contributed by atoms with Gasteiger partial charge < -0.3 is 4.90 Å². The standard InChI is InChI=1S/C16H24FNO/c1-12(2)11-13(3)18(4)10-9-16(19)14-5-7-15(17)8-6-14/h5-8,12-13H,9-11H2,1-4H3. The summed E-state index contributed by atoms with van der Waals surface area (Å²) < 4.78 is 12.8. The summed E-state index contributed by atoms with van der Waals surface area (Å²) in [5.74, 6) is 0.424. The van der Waals surface area contributed by atoms with Gasteiger partial charge in [-0.25, -0.2) is 4.39 Å². The molecule has 0 saturated carbocycles. The molecule has 0 aliphatic carbocycles. The number of halogens is 1. The summed E-state index contributed by atoms with van der Waals surface area (Å²) in [6, 6.07) is 6.24. The summed E-state index contributed by atoms with van der Waals surface area (Å²) in [4.78, 5) is 14.2. The van der Waals surface area contributed by atoms with Gasteiger partial charge in [0.1, 0.15) is 5.82 Å². The zero-order chi connectivity index (χ0) is 14.4. The highest BCUT2D eigenvalue weighted by Gasteiger charge is 2.13. The molecule has 0 aliphatic heterocycles. The Bertz CT molecular complexity index is 400. The number of hydrogen-bond donors (Lipinski definition) is 0. The lowest BCUT2D eigenvalue weighted by molar-refractivity contribution is 0.0959. The number of carbonyl (C=O) groups excluding carboxylic acids is 1. The van der Waals surface area contributed by atoms with Crippen molar-refractivity contribution in [2.24, 2.45) is 5.92 Å². The number of ketones is 1. The molecule has 0 radical (unpaired) electrons. The number of hydrogen-bond acceptors (Lipinski definition) is 2. The first kappa shape index (κ1) is 15.8. The highest BCUT2D eigenvalue weighted by molar-refractivity contribution is 5.96. The third-order valence-corrected chi connectivity index (χ3v) is 3.42. The normalized spacial score (nSPS) is 13.0. The predicted molar refractivity (Wildman–Crippen MR) is 76.9 cm³/mol. The van der Waals surface area contributed by atoms with Crippen LogP contribution in [-0.4, -0.2) is 30.3 Å². The molecule has 0 fully saturated rings. The minimum absolute atomic E-state index is 0.0728. The summed E-state index contributed by atoms with van der Waals surface area (Å²) >= 11 is 0. The lowest BCUT2D eigenvalue weighted by atomic mass is 10.0. The fourth-order valence-corrected chi connectivity index (χ4v) is 2.14. The molecule has 1 unspecified atom stereocenters. The molecule has 0 N–H and O–H groups in total. The van der Waals surface area contributed by atoms with Gasteiger partial charge in [-0.2, -0.15) is 0 Å². The SMILES string of the molecule is CC(C)CC(C)N(C)CCC(=O)c1ccc(F)cc1. The van der Waals surface area contributed by atoms with Crippen molar-refractivity contribution < 1.29 is 9.18 Å². The summed E-state index contributed by atoms with van der Waals surface area (Å²) in [6.07, 6.45) is 1.60. The van der Waals surface area contributed by atoms with E-state index in [2.05, 4.69) is 25.7 Å². The van der Waals surface area contributed by atoms with Crippen LogP contribution >= 0.6 is 0 Å². The molecule has 1 rings (SSSR count). The van der Waals surface area contributed by atoms with Crippen molar-refractivity contribution in [3.05, 3.63) is 35.6 Å². The molecule has 0 aliphatic rings. The monoisotopic (exact) mass is 265 g/mol. The second-order valence-electron chi connectivity index (χ2n) is 5.64. The van der Waals surface area contributed by atoms with Gasteiger partial charge in [0, 0.05) is 24.6 Å². The highest BCUT2D eigenvalue weighted by Crippen LogP contribution is 2.11. The van der Waals surface area contributed by atoms with Crippen LogP contribution in [0.5, 0.6) is 0 Å². The van der Waals surface area contributed by atoms with Gasteiger partial charge in [-0.05, 0) is 50.6 Å². The Labute approximate surface area is 115 Å². The number of Topliss-reactive ketones (excluding diaryl/α,β-unsaturated/α-hetero) is 1. The molecular weight excluding hydrogens is 241 g/mol. The summed E-state index contributed by atoms with van der Waals surface area (Å²) in [7, 11) is 2.05. The van der Waals surface area contributed by atoms with Crippen molar-refractivity contribution in [1.82, 2.24) is 4.90 Å². The zero-order valence-electron chi connectivity index (χ0n) is 12.3. The second-order valence-corrected chi connectivity index (χ2v) is 5.64. The van der Waals surface area contributed by atoms with Gasteiger partial charge in [0.15, 0.2) is 5.78 Å². The van der Waals surface area contributed by atoms with Crippen LogP contribution in [-0.2, 0) is 0 Å². The van der Waals surface area contributed by atoms with Crippen molar-refractivity contribution in [3.63, 3.8) is 0 Å². The fraction of sp³-hybridized carbons (Fsp3) is 0.562. The molecule has 2 nitrogen and oxygen atoms in total. The van der Waals surface area contributed by atoms with Crippen LogP contribution in [0.1, 0.15) is 44.0 Å². The summed E-state index contributed by atoms with van der Waals surface area (Å²) in [5, 5.41) is 0. The van der Waals surface area contributed by atoms with E-state index in [1.807, 2.05) is 7.05 Å². The molecule has 0 saturated heterocycles. The predicted octanol–water partition coefficient (Wildman–Crippen LogP) is 3.76. The van der Waals surface area contributed by atoms with Crippen molar-refractivity contribution in [3.8, 4) is 0 Å². The first-order valence-electron chi connectivity index (χ1n) is 6.89. The van der Waals surface area contributed by atoms with Crippen molar-refractivity contribution >= 4 is 5.78 Å². The molecule has 0 spiro atoms. The van der Waals surface area contributed by atoms with E-state index in [4.69, 9.17) is 0 Å². The van der Waals surface area contributed by atoms with Crippen LogP contribution in [0.25, 0.3) is 0 Å². The van der Waals surface area contributed by atoms with Gasteiger partial charge in [0.05, 0.1) is 0 Å². The van der Waals surface area contributed by atoms with Crippen LogP contribution in [0, 0.1) is 11.7 Å². The van der Waals surface area contributed by atoms with E-state index >= 15 is 0 Å². The number of rotatable bonds is 7. The lowest BCUT2D eigenvalue weighted by Gasteiger charge is -2.25. The molecule has 1 aromatic rings. The van der Waals surface area contributed by atoms with Gasteiger partial charge in [0.2, 0.25) is 0 Å². The van der Waals surface area contributed by atoms with Gasteiger partial charge in [0.25, 0.3) is 0 Å². The van der Waals surface area contributed by atoms with E-state index < -0.39 is 0 Å². The largest absolute Gasteiger partial charge is 0.303 e. The molecule has 0 bridgehead atoms.